The van der Waals surface area contributed by atoms with Crippen molar-refractivity contribution in [3.8, 4) is 0 Å². The number of fused-ring (bicyclic) bond motifs is 6. The van der Waals surface area contributed by atoms with Gasteiger partial charge in [0, 0.05) is 77.9 Å². The normalized spacial score (nSPS) is 49.5. The quantitative estimate of drug-likeness (QED) is 0.0938. The first-order valence-corrected chi connectivity index (χ1v) is 34.6. The number of ketones is 2. The molecule has 0 aromatic carbocycles. The molecule has 24 unspecified atom stereocenters. The number of hydrogen-bond donors (Lipinski definition) is 1. The van der Waals surface area contributed by atoms with E-state index in [0.717, 1.165) is 0 Å². The van der Waals surface area contributed by atoms with Crippen molar-refractivity contribution >= 4 is 59.3 Å². The predicted molar refractivity (Wildman–Crippen MR) is 326 cm³/mol. The Kier molecular flexibility index (Phi) is 13.7. The van der Waals surface area contributed by atoms with E-state index in [0.29, 0.717) is 17.5 Å². The zero-order chi connectivity index (χ0) is 70.9. The van der Waals surface area contributed by atoms with E-state index in [-0.39, 0.29) is 76.0 Å². The fourth-order valence-corrected chi connectivity index (χ4v) is 24.8. The molecule has 8 saturated carbocycles. The van der Waals surface area contributed by atoms with Crippen LogP contribution in [0.2, 0.25) is 0 Å². The molecule has 6 spiro atoms. The lowest BCUT2D eigenvalue weighted by molar-refractivity contribution is -0.478. The van der Waals surface area contributed by atoms with Crippen molar-refractivity contribution in [1.82, 2.24) is 0 Å². The molecule has 14 aliphatic rings. The van der Waals surface area contributed by atoms with Crippen LogP contribution in [0.25, 0.3) is 0 Å². The molecule has 14 fully saturated rings. The van der Waals surface area contributed by atoms with Gasteiger partial charge in [0.1, 0.15) is 46.1 Å². The molecule has 8 heterocycles. The molecular formula is C72H88O26. The summed E-state index contributed by atoms with van der Waals surface area (Å²) in [5.41, 5.74) is -19.7. The summed E-state index contributed by atoms with van der Waals surface area (Å²) in [6.45, 7) is 27.7. The largest absolute Gasteiger partial charge is 0.481 e. The molecule has 2 aromatic heterocycles. The number of aliphatic carboxylic acids is 1. The van der Waals surface area contributed by atoms with Crippen molar-refractivity contribution in [3.05, 3.63) is 48.3 Å². The minimum Gasteiger partial charge on any atom is -0.481 e. The highest BCUT2D eigenvalue weighted by molar-refractivity contribution is 6.02. The van der Waals surface area contributed by atoms with Crippen molar-refractivity contribution in [1.29, 1.82) is 0 Å². The van der Waals surface area contributed by atoms with Gasteiger partial charge in [-0.2, -0.15) is 0 Å². The third kappa shape index (κ3) is 7.07. The fourth-order valence-electron chi connectivity index (χ4n) is 24.8. The van der Waals surface area contributed by atoms with Crippen molar-refractivity contribution in [3.63, 3.8) is 0 Å². The number of esters is 7. The Hall–Kier alpha value is -6.58. The molecule has 24 atom stereocenters. The zero-order valence-corrected chi connectivity index (χ0v) is 58.2. The average Bonchev–Trinajstić information content (AvgIpc) is 1.40. The van der Waals surface area contributed by atoms with Gasteiger partial charge < -0.3 is 75.5 Å². The molecule has 8 bridgehead atoms. The van der Waals surface area contributed by atoms with Gasteiger partial charge >= 0.3 is 47.8 Å². The van der Waals surface area contributed by atoms with Crippen molar-refractivity contribution in [2.24, 2.45) is 73.9 Å². The van der Waals surface area contributed by atoms with Crippen molar-refractivity contribution in [2.75, 3.05) is 6.61 Å². The van der Waals surface area contributed by atoms with Gasteiger partial charge in [-0.25, -0.2) is 0 Å². The van der Waals surface area contributed by atoms with Crippen LogP contribution >= 0.6 is 0 Å². The van der Waals surface area contributed by atoms with Gasteiger partial charge in [-0.1, -0.05) is 83.1 Å². The van der Waals surface area contributed by atoms with Gasteiger partial charge in [0.15, 0.2) is 36.0 Å². The highest BCUT2D eigenvalue weighted by Crippen LogP contribution is 2.93. The first kappa shape index (κ1) is 67.3. The molecule has 6 aliphatic heterocycles. The lowest BCUT2D eigenvalue weighted by Crippen LogP contribution is -2.94. The van der Waals surface area contributed by atoms with E-state index in [1.165, 1.54) is 32.0 Å². The van der Waals surface area contributed by atoms with Crippen LogP contribution in [0.5, 0.6) is 0 Å². The van der Waals surface area contributed by atoms with E-state index in [2.05, 4.69) is 0 Å². The van der Waals surface area contributed by atoms with Crippen molar-refractivity contribution in [2.45, 2.75) is 256 Å². The second-order valence-electron chi connectivity index (χ2n) is 33.2. The van der Waals surface area contributed by atoms with E-state index < -0.39 is 203 Å². The molecule has 0 radical (unpaired) electrons. The minimum absolute atomic E-state index is 0.0871. The third-order valence-electron chi connectivity index (χ3n) is 27.7. The maximum Gasteiger partial charge on any atom is 0.309 e. The Balaban J connectivity index is 0.000000160. The molecular weight excluding hydrogens is 1280 g/mol. The van der Waals surface area contributed by atoms with Crippen LogP contribution in [-0.2, 0) is 99.9 Å². The monoisotopic (exact) mass is 1370 g/mol. The van der Waals surface area contributed by atoms with Gasteiger partial charge in [0.2, 0.25) is 11.2 Å². The number of hydrogen-bond acceptors (Lipinski definition) is 25. The molecule has 8 aliphatic carbocycles. The standard InChI is InChI=1S/2C36H44O13/c1-17(2)25(41)45-27-30(6)16-34-31(7,20(30)13-22(37)38)33-11-10-29(5,24(40)19-9-12-43-15-19)21-14-23(39)44-28(36(27,34)46-26(42)18(3)4)35(21,33)49-32(8,47-33)48-34;1-9-43-23(38)14-21-30(6)17-34-31(21,7)33-12-11-29(5,25(40)20-10-13-42-16-20)22-15-24(39)45-28(35(22,33)49-32(8,47-33)48-34)36(34,27(30)44-19(4)37)46-26(41)18(2)3/h9,12,15,17-18,20-21,27-28H,10-11,13-14,16H2,1-8H3,(H,37,38);10,13,16,18,21-22,27-28H,9,11-12,14-15,17H2,1-8H3. The number of ether oxygens (including phenoxy) is 13. The first-order valence-electron chi connectivity index (χ1n) is 34.6. The minimum atomic E-state index is -2.01. The van der Waals surface area contributed by atoms with E-state index in [4.69, 9.17) is 70.4 Å². The van der Waals surface area contributed by atoms with Crippen molar-refractivity contribution < 1.29 is 123 Å². The van der Waals surface area contributed by atoms with E-state index in [9.17, 15) is 53.1 Å². The van der Waals surface area contributed by atoms with E-state index in [1.807, 2.05) is 34.6 Å². The second kappa shape index (κ2) is 19.9. The highest BCUT2D eigenvalue weighted by atomic mass is 16.9. The molecule has 26 nitrogen and oxygen atoms in total. The Morgan fingerprint density at radius 2 is 0.939 bits per heavy atom. The number of Topliss-reactive ketones (excluding diaryl/α,β-unsaturated/α-hetero) is 2. The summed E-state index contributed by atoms with van der Waals surface area (Å²) in [6, 6.07) is 3.16. The summed E-state index contributed by atoms with van der Waals surface area (Å²) in [7, 11) is 0. The summed E-state index contributed by atoms with van der Waals surface area (Å²) in [6.07, 6.45) is 0.516. The maximum absolute atomic E-state index is 14.6. The molecule has 532 valence electrons. The Labute approximate surface area is 565 Å². The summed E-state index contributed by atoms with van der Waals surface area (Å²) < 4.78 is 97.7. The van der Waals surface area contributed by atoms with Gasteiger partial charge in [-0.15, -0.1) is 0 Å². The smallest absolute Gasteiger partial charge is 0.309 e. The second-order valence-corrected chi connectivity index (χ2v) is 33.2. The molecule has 1 N–H and O–H groups in total. The van der Waals surface area contributed by atoms with Gasteiger partial charge in [0.25, 0.3) is 11.9 Å². The molecule has 26 heteroatoms. The van der Waals surface area contributed by atoms with Crippen LogP contribution in [0.15, 0.2) is 46.0 Å². The van der Waals surface area contributed by atoms with E-state index in [1.54, 1.807) is 81.4 Å². The molecule has 2 aromatic rings. The van der Waals surface area contributed by atoms with E-state index >= 15 is 0 Å². The summed E-state index contributed by atoms with van der Waals surface area (Å²) in [5.74, 6) is -14.5. The Morgan fingerprint density at radius 3 is 1.31 bits per heavy atom. The number of carboxylic acid groups (broad SMARTS) is 1. The summed E-state index contributed by atoms with van der Waals surface area (Å²) >= 11 is 0. The van der Waals surface area contributed by atoms with Crippen LogP contribution in [0.3, 0.4) is 0 Å². The molecule has 0 amide bonds. The number of carbonyl (C=O) groups is 10. The highest BCUT2D eigenvalue weighted by Gasteiger charge is 3.08. The molecule has 6 saturated heterocycles. The first-order chi connectivity index (χ1) is 45.6. The van der Waals surface area contributed by atoms with Crippen LogP contribution in [0.1, 0.15) is 196 Å². The third-order valence-corrected chi connectivity index (χ3v) is 27.7. The predicted octanol–water partition coefficient (Wildman–Crippen LogP) is 8.25. The number of carboxylic acids is 1. The lowest BCUT2D eigenvalue weighted by atomic mass is 9.33. The lowest BCUT2D eigenvalue weighted by Gasteiger charge is -2.77. The zero-order valence-electron chi connectivity index (χ0n) is 58.2. The summed E-state index contributed by atoms with van der Waals surface area (Å²) in [5, 5.41) is 10.5. The van der Waals surface area contributed by atoms with Gasteiger partial charge in [-0.3, -0.25) is 47.9 Å². The number of carbonyl (C=O) groups excluding carboxylic acids is 9. The average molecular weight is 1370 g/mol. The number of rotatable bonds is 16. The Morgan fingerprint density at radius 1 is 0.541 bits per heavy atom. The molecule has 16 rings (SSSR count). The number of furan rings is 2. The van der Waals surface area contributed by atoms with Gasteiger partial charge in [-0.05, 0) is 69.4 Å². The van der Waals surface area contributed by atoms with Gasteiger partial charge in [0.05, 0.1) is 60.9 Å². The van der Waals surface area contributed by atoms with Crippen LogP contribution < -0.4 is 0 Å². The fraction of sp³-hybridized carbons (Fsp3) is 0.750. The van der Waals surface area contributed by atoms with Crippen LogP contribution in [-0.4, -0.2) is 152 Å². The van der Waals surface area contributed by atoms with Crippen LogP contribution in [0.4, 0.5) is 0 Å². The Bertz CT molecular complexity index is 3880. The molecule has 98 heavy (non-hydrogen) atoms. The summed E-state index contributed by atoms with van der Waals surface area (Å²) in [4.78, 5) is 138. The topological polar surface area (TPSA) is 337 Å². The van der Waals surface area contributed by atoms with Crippen LogP contribution in [0, 0.1) is 73.9 Å². The SMILES string of the molecule is CC(C)C(=O)OC1C2(C)CC34OC5(C)OC67C(CC(=O)OC6C13OC(=O)C(C)C)C(C)(C(=O)c1ccoc1)CCC7(O5)C4(C)C2CC(=O)O.CCOC(=O)CC1C2(C)CC34OC5(C)OC67C(CC(=O)OC6C3(OC(=O)C(C)C)C2OC(C)=O)C(C)(C(=O)c2ccoc2)CCC7(O5)C14C. The maximum atomic E-state index is 14.6.